The fraction of sp³-hybridized carbons (Fsp3) is 0.357. The summed E-state index contributed by atoms with van der Waals surface area (Å²) in [5.41, 5.74) is 2.94. The molecule has 198 valence electrons. The molecular weight excluding hydrogens is 605 g/mol. The Bertz CT molecular complexity index is 1210. The Kier molecular flexibility index (Phi) is 10.1. The highest BCUT2D eigenvalue weighted by Crippen LogP contribution is 2.30. The molecule has 3 aromatic carbocycles. The lowest BCUT2D eigenvalue weighted by molar-refractivity contribution is -0.268. The van der Waals surface area contributed by atoms with Gasteiger partial charge in [0.2, 0.25) is 10.0 Å². The number of aryl methyl sites for hydroxylation is 1. The van der Waals surface area contributed by atoms with Crippen LogP contribution in [0.5, 0.6) is 0 Å². The molecule has 1 aliphatic rings. The van der Waals surface area contributed by atoms with Gasteiger partial charge in [0.1, 0.15) is 18.2 Å². The molecule has 1 saturated heterocycles. The van der Waals surface area contributed by atoms with Gasteiger partial charge in [-0.2, -0.15) is 0 Å². The molecule has 0 radical (unpaired) electrons. The Labute approximate surface area is 232 Å². The van der Waals surface area contributed by atoms with E-state index in [1.165, 1.54) is 7.11 Å². The largest absolute Gasteiger partial charge is 0.369 e. The average molecular weight is 638 g/mol. The molecule has 0 spiro atoms. The summed E-state index contributed by atoms with van der Waals surface area (Å²) in [6.07, 6.45) is -2.45. The van der Waals surface area contributed by atoms with Gasteiger partial charge in [0, 0.05) is 11.5 Å². The second-order valence-corrected chi connectivity index (χ2v) is 11.5. The van der Waals surface area contributed by atoms with Crippen LogP contribution in [0, 0.1) is 6.92 Å². The maximum atomic E-state index is 13.4. The highest BCUT2D eigenvalue weighted by Gasteiger charge is 2.49. The minimum absolute atomic E-state index is 0.160. The van der Waals surface area contributed by atoms with E-state index in [2.05, 4.69) is 27.3 Å². The quantitative estimate of drug-likeness (QED) is 0.244. The van der Waals surface area contributed by atoms with Crippen molar-refractivity contribution in [2.24, 2.45) is 0 Å². The van der Waals surface area contributed by atoms with E-state index in [0.29, 0.717) is 11.0 Å². The molecule has 1 aliphatic heterocycles. The number of ether oxygens (including phenoxy) is 4. The first-order valence-electron chi connectivity index (χ1n) is 12.1. The van der Waals surface area contributed by atoms with E-state index in [1.807, 2.05) is 67.6 Å². The van der Waals surface area contributed by atoms with Crippen molar-refractivity contribution < 1.29 is 27.4 Å². The summed E-state index contributed by atoms with van der Waals surface area (Å²) in [7, 11) is -2.40. The van der Waals surface area contributed by atoms with E-state index in [0.717, 1.165) is 16.7 Å². The van der Waals surface area contributed by atoms with Crippen LogP contribution in [0.15, 0.2) is 89.8 Å². The van der Waals surface area contributed by atoms with Crippen molar-refractivity contribution in [3.05, 3.63) is 102 Å². The topological polar surface area (TPSA) is 83.1 Å². The summed E-state index contributed by atoms with van der Waals surface area (Å²) in [5.74, 6) is 0. The van der Waals surface area contributed by atoms with Gasteiger partial charge < -0.3 is 18.9 Å². The molecule has 0 aromatic heterocycles. The van der Waals surface area contributed by atoms with Crippen LogP contribution in [0.2, 0.25) is 0 Å². The molecule has 0 bridgehead atoms. The fourth-order valence-electron chi connectivity index (χ4n) is 4.25. The Morgan fingerprint density at radius 1 is 0.838 bits per heavy atom. The van der Waals surface area contributed by atoms with Crippen molar-refractivity contribution >= 4 is 32.6 Å². The lowest BCUT2D eigenvalue weighted by Gasteiger charge is -2.45. The number of alkyl halides is 1. The SMILES string of the molecule is COC1OC(CI)C(OCc2ccccc2)C(OCc2ccccc2)C1NS(=O)(=O)c1ccc(C)cc1. The first-order chi connectivity index (χ1) is 17.9. The van der Waals surface area contributed by atoms with Gasteiger partial charge in [-0.1, -0.05) is 101 Å². The van der Waals surface area contributed by atoms with Crippen LogP contribution in [-0.4, -0.2) is 50.6 Å². The Morgan fingerprint density at radius 2 is 1.38 bits per heavy atom. The summed E-state index contributed by atoms with van der Waals surface area (Å²) in [6, 6.07) is 25.4. The van der Waals surface area contributed by atoms with E-state index in [9.17, 15) is 8.42 Å². The van der Waals surface area contributed by atoms with Crippen molar-refractivity contribution in [2.75, 3.05) is 11.5 Å². The molecule has 4 rings (SSSR count). The molecule has 3 aromatic rings. The zero-order chi connectivity index (χ0) is 26.3. The summed E-state index contributed by atoms with van der Waals surface area (Å²) < 4.78 is 54.9. The minimum Gasteiger partial charge on any atom is -0.369 e. The Hall–Kier alpha value is -1.86. The number of sulfonamides is 1. The lowest BCUT2D eigenvalue weighted by atomic mass is 9.97. The normalized spacial score (nSPS) is 24.1. The van der Waals surface area contributed by atoms with E-state index in [4.69, 9.17) is 18.9 Å². The van der Waals surface area contributed by atoms with Crippen LogP contribution < -0.4 is 4.72 Å². The maximum absolute atomic E-state index is 13.4. The van der Waals surface area contributed by atoms with Crippen LogP contribution in [0.25, 0.3) is 0 Å². The molecule has 0 aliphatic carbocycles. The van der Waals surface area contributed by atoms with Crippen LogP contribution >= 0.6 is 22.6 Å². The lowest BCUT2D eigenvalue weighted by Crippen LogP contribution is -2.65. The van der Waals surface area contributed by atoms with Gasteiger partial charge in [-0.3, -0.25) is 0 Å². The van der Waals surface area contributed by atoms with Gasteiger partial charge in [-0.05, 0) is 30.2 Å². The van der Waals surface area contributed by atoms with E-state index < -0.39 is 34.6 Å². The molecule has 0 amide bonds. The van der Waals surface area contributed by atoms with Crippen LogP contribution in [0.1, 0.15) is 16.7 Å². The predicted octanol–water partition coefficient (Wildman–Crippen LogP) is 4.62. The molecule has 1 fully saturated rings. The second-order valence-electron chi connectivity index (χ2n) is 8.92. The number of halogens is 1. The molecule has 9 heteroatoms. The molecule has 5 atom stereocenters. The zero-order valence-electron chi connectivity index (χ0n) is 20.8. The number of rotatable bonds is 11. The monoisotopic (exact) mass is 637 g/mol. The zero-order valence-corrected chi connectivity index (χ0v) is 23.8. The second kappa shape index (κ2) is 13.3. The predicted molar refractivity (Wildman–Crippen MR) is 150 cm³/mol. The molecule has 7 nitrogen and oxygen atoms in total. The summed E-state index contributed by atoms with van der Waals surface area (Å²) in [4.78, 5) is 0.160. The highest BCUT2D eigenvalue weighted by molar-refractivity contribution is 14.1. The highest BCUT2D eigenvalue weighted by atomic mass is 127. The van der Waals surface area contributed by atoms with Crippen molar-refractivity contribution in [1.82, 2.24) is 4.72 Å². The van der Waals surface area contributed by atoms with Gasteiger partial charge in [0.15, 0.2) is 6.29 Å². The summed E-state index contributed by atoms with van der Waals surface area (Å²) >= 11 is 2.25. The Balaban J connectivity index is 1.65. The Morgan fingerprint density at radius 3 is 1.89 bits per heavy atom. The fourth-order valence-corrected chi connectivity index (χ4v) is 6.20. The molecule has 1 heterocycles. The van der Waals surface area contributed by atoms with Gasteiger partial charge in [0.25, 0.3) is 0 Å². The smallest absolute Gasteiger partial charge is 0.241 e. The maximum Gasteiger partial charge on any atom is 0.241 e. The molecule has 5 unspecified atom stereocenters. The first-order valence-corrected chi connectivity index (χ1v) is 15.1. The molecule has 1 N–H and O–H groups in total. The van der Waals surface area contributed by atoms with Gasteiger partial charge in [0.05, 0.1) is 24.2 Å². The summed E-state index contributed by atoms with van der Waals surface area (Å²) in [5, 5.41) is 0. The number of hydrogen-bond acceptors (Lipinski definition) is 6. The van der Waals surface area contributed by atoms with Crippen molar-refractivity contribution in [1.29, 1.82) is 0 Å². The standard InChI is InChI=1S/C28H32INO6S/c1-20-13-15-23(16-14-20)37(31,32)30-25-27(35-19-22-11-7-4-8-12-22)26(24(17-29)36-28(25)33-2)34-18-21-9-5-3-6-10-21/h3-16,24-28,30H,17-19H2,1-2H3. The third-order valence-electron chi connectivity index (χ3n) is 6.22. The van der Waals surface area contributed by atoms with E-state index in [-0.39, 0.29) is 17.6 Å². The van der Waals surface area contributed by atoms with Crippen molar-refractivity contribution in [3.8, 4) is 0 Å². The van der Waals surface area contributed by atoms with E-state index in [1.54, 1.807) is 24.3 Å². The van der Waals surface area contributed by atoms with Gasteiger partial charge >= 0.3 is 0 Å². The van der Waals surface area contributed by atoms with Gasteiger partial charge in [-0.15, -0.1) is 0 Å². The van der Waals surface area contributed by atoms with Crippen molar-refractivity contribution in [3.63, 3.8) is 0 Å². The number of nitrogens with one attached hydrogen (secondary N) is 1. The van der Waals surface area contributed by atoms with Crippen LogP contribution in [0.3, 0.4) is 0 Å². The third-order valence-corrected chi connectivity index (χ3v) is 8.57. The van der Waals surface area contributed by atoms with Crippen LogP contribution in [-0.2, 0) is 42.2 Å². The average Bonchev–Trinajstić information content (AvgIpc) is 2.92. The molecule has 0 saturated carbocycles. The van der Waals surface area contributed by atoms with Crippen molar-refractivity contribution in [2.45, 2.75) is 55.7 Å². The van der Waals surface area contributed by atoms with Crippen LogP contribution in [0.4, 0.5) is 0 Å². The summed E-state index contributed by atoms with van der Waals surface area (Å²) in [6.45, 7) is 2.53. The molecular formula is C28H32INO6S. The first kappa shape index (κ1) is 28.2. The van der Waals surface area contributed by atoms with E-state index >= 15 is 0 Å². The number of methoxy groups -OCH3 is 1. The van der Waals surface area contributed by atoms with Gasteiger partial charge in [-0.25, -0.2) is 13.1 Å². The third kappa shape index (κ3) is 7.38. The minimum atomic E-state index is -3.90. The molecule has 37 heavy (non-hydrogen) atoms. The number of benzene rings is 3. The number of hydrogen-bond donors (Lipinski definition) is 1.